The molecule has 1 heterocycles. The summed E-state index contributed by atoms with van der Waals surface area (Å²) in [4.78, 5) is 14.9. The molecule has 0 bridgehead atoms. The number of nitrogens with zero attached hydrogens (tertiary/aromatic N) is 1. The number of nitrogens with one attached hydrogen (secondary N) is 1. The molecule has 2 rings (SSSR count). The van der Waals surface area contributed by atoms with Gasteiger partial charge in [0, 0.05) is 17.9 Å². The number of aromatic nitrogens is 1. The lowest BCUT2D eigenvalue weighted by Crippen LogP contribution is -2.14. The molecule has 2 aromatic rings. The van der Waals surface area contributed by atoms with Crippen molar-refractivity contribution in [1.29, 1.82) is 0 Å². The molecule has 0 fully saturated rings. The van der Waals surface area contributed by atoms with Crippen LogP contribution in [0.2, 0.25) is 0 Å². The molecule has 0 saturated carbocycles. The first kappa shape index (κ1) is 13.0. The van der Waals surface area contributed by atoms with Gasteiger partial charge in [-0.15, -0.1) is 0 Å². The molecular formula is C14H14FN3O. The van der Waals surface area contributed by atoms with Gasteiger partial charge in [-0.05, 0) is 36.8 Å². The standard InChI is InChI=1S/C14H14FN3O/c1-9(10-3-2-4-11(15)7-10)18-12-5-6-17-13(8-12)14(16)19/h2-9H,1H3,(H2,16,19)(H,17,18). The second kappa shape index (κ2) is 5.48. The van der Waals surface area contributed by atoms with Crippen molar-refractivity contribution in [2.45, 2.75) is 13.0 Å². The van der Waals surface area contributed by atoms with E-state index in [0.29, 0.717) is 5.69 Å². The Morgan fingerprint density at radius 3 is 2.84 bits per heavy atom. The van der Waals surface area contributed by atoms with Gasteiger partial charge in [-0.1, -0.05) is 12.1 Å². The van der Waals surface area contributed by atoms with E-state index >= 15 is 0 Å². The lowest BCUT2D eigenvalue weighted by atomic mass is 10.1. The Hall–Kier alpha value is -2.43. The van der Waals surface area contributed by atoms with Crippen LogP contribution >= 0.6 is 0 Å². The number of carbonyl (C=O) groups excluding carboxylic acids is 1. The first-order chi connectivity index (χ1) is 9.06. The van der Waals surface area contributed by atoms with Crippen LogP contribution in [0.15, 0.2) is 42.6 Å². The van der Waals surface area contributed by atoms with Crippen molar-refractivity contribution >= 4 is 11.6 Å². The fourth-order valence-electron chi connectivity index (χ4n) is 1.76. The lowest BCUT2D eigenvalue weighted by Gasteiger charge is -2.16. The summed E-state index contributed by atoms with van der Waals surface area (Å²) in [6.07, 6.45) is 1.50. The second-order valence-electron chi connectivity index (χ2n) is 4.22. The highest BCUT2D eigenvalue weighted by Gasteiger charge is 2.08. The molecule has 5 heteroatoms. The van der Waals surface area contributed by atoms with Gasteiger partial charge >= 0.3 is 0 Å². The first-order valence-corrected chi connectivity index (χ1v) is 5.84. The number of rotatable bonds is 4. The zero-order chi connectivity index (χ0) is 13.8. The number of pyridine rings is 1. The molecule has 1 atom stereocenters. The van der Waals surface area contributed by atoms with Crippen LogP contribution in [0.1, 0.15) is 29.0 Å². The molecule has 0 aliphatic heterocycles. The second-order valence-corrected chi connectivity index (χ2v) is 4.22. The molecule has 98 valence electrons. The van der Waals surface area contributed by atoms with Gasteiger partial charge in [-0.25, -0.2) is 4.39 Å². The van der Waals surface area contributed by atoms with E-state index in [2.05, 4.69) is 10.3 Å². The first-order valence-electron chi connectivity index (χ1n) is 5.84. The predicted molar refractivity (Wildman–Crippen MR) is 71.2 cm³/mol. The molecule has 1 aromatic heterocycles. The van der Waals surface area contributed by atoms with Crippen molar-refractivity contribution < 1.29 is 9.18 Å². The lowest BCUT2D eigenvalue weighted by molar-refractivity contribution is 0.0995. The number of benzene rings is 1. The highest BCUT2D eigenvalue weighted by atomic mass is 19.1. The minimum atomic E-state index is -0.581. The molecule has 1 amide bonds. The number of halogens is 1. The Morgan fingerprint density at radius 2 is 2.16 bits per heavy atom. The number of hydrogen-bond acceptors (Lipinski definition) is 3. The monoisotopic (exact) mass is 259 g/mol. The zero-order valence-electron chi connectivity index (χ0n) is 10.4. The summed E-state index contributed by atoms with van der Waals surface area (Å²) in [5.41, 5.74) is 6.88. The molecule has 0 saturated heterocycles. The molecular weight excluding hydrogens is 245 g/mol. The maximum absolute atomic E-state index is 13.1. The molecule has 4 nitrogen and oxygen atoms in total. The third-order valence-electron chi connectivity index (χ3n) is 2.74. The summed E-state index contributed by atoms with van der Waals surface area (Å²) in [5, 5.41) is 3.17. The highest BCUT2D eigenvalue weighted by Crippen LogP contribution is 2.19. The number of anilines is 1. The minimum Gasteiger partial charge on any atom is -0.378 e. The Morgan fingerprint density at radius 1 is 1.37 bits per heavy atom. The molecule has 0 aliphatic rings. The van der Waals surface area contributed by atoms with Crippen molar-refractivity contribution in [2.24, 2.45) is 5.73 Å². The van der Waals surface area contributed by atoms with E-state index in [-0.39, 0.29) is 17.6 Å². The average Bonchev–Trinajstić information content (AvgIpc) is 2.39. The summed E-state index contributed by atoms with van der Waals surface area (Å²) in [6.45, 7) is 1.90. The number of carbonyl (C=O) groups is 1. The topological polar surface area (TPSA) is 68.0 Å². The van der Waals surface area contributed by atoms with Crippen molar-refractivity contribution in [3.8, 4) is 0 Å². The Bertz CT molecular complexity index is 601. The van der Waals surface area contributed by atoms with Crippen LogP contribution in [0.3, 0.4) is 0 Å². The van der Waals surface area contributed by atoms with Crippen molar-refractivity contribution in [3.63, 3.8) is 0 Å². The van der Waals surface area contributed by atoms with Crippen LogP contribution in [-0.2, 0) is 0 Å². The quantitative estimate of drug-likeness (QED) is 0.886. The minimum absolute atomic E-state index is 0.0983. The Labute approximate surface area is 110 Å². The van der Waals surface area contributed by atoms with E-state index in [4.69, 9.17) is 5.73 Å². The summed E-state index contributed by atoms with van der Waals surface area (Å²) < 4.78 is 13.1. The van der Waals surface area contributed by atoms with Gasteiger partial charge in [-0.2, -0.15) is 0 Å². The number of nitrogens with two attached hydrogens (primary N) is 1. The molecule has 0 radical (unpaired) electrons. The van der Waals surface area contributed by atoms with E-state index < -0.39 is 5.91 Å². The van der Waals surface area contributed by atoms with Crippen LogP contribution < -0.4 is 11.1 Å². The van der Waals surface area contributed by atoms with Crippen LogP contribution in [-0.4, -0.2) is 10.9 Å². The summed E-state index contributed by atoms with van der Waals surface area (Å²) in [7, 11) is 0. The van der Waals surface area contributed by atoms with E-state index in [1.165, 1.54) is 18.3 Å². The predicted octanol–water partition coefficient (Wildman–Crippen LogP) is 2.49. The normalized spacial score (nSPS) is 11.9. The third-order valence-corrected chi connectivity index (χ3v) is 2.74. The van der Waals surface area contributed by atoms with Gasteiger partial charge in [0.1, 0.15) is 11.5 Å². The molecule has 0 aliphatic carbocycles. The summed E-state index contributed by atoms with van der Waals surface area (Å²) in [6, 6.07) is 9.54. The van der Waals surface area contributed by atoms with E-state index in [0.717, 1.165) is 5.56 Å². The SMILES string of the molecule is CC(Nc1ccnc(C(N)=O)c1)c1cccc(F)c1. The summed E-state index contributed by atoms with van der Waals surface area (Å²) in [5.74, 6) is -0.860. The van der Waals surface area contributed by atoms with E-state index in [1.54, 1.807) is 18.2 Å². The van der Waals surface area contributed by atoms with Crippen LogP contribution in [0.4, 0.5) is 10.1 Å². The van der Waals surface area contributed by atoms with E-state index in [1.807, 2.05) is 13.0 Å². The number of hydrogen-bond donors (Lipinski definition) is 2. The fraction of sp³-hybridized carbons (Fsp3) is 0.143. The van der Waals surface area contributed by atoms with Gasteiger partial charge in [-0.3, -0.25) is 9.78 Å². The molecule has 1 unspecified atom stereocenters. The van der Waals surface area contributed by atoms with Crippen LogP contribution in [0, 0.1) is 5.82 Å². The average molecular weight is 259 g/mol. The van der Waals surface area contributed by atoms with E-state index in [9.17, 15) is 9.18 Å². The molecule has 0 spiro atoms. The Balaban J connectivity index is 2.17. The van der Waals surface area contributed by atoms with Crippen molar-refractivity contribution in [3.05, 3.63) is 59.7 Å². The smallest absolute Gasteiger partial charge is 0.267 e. The Kier molecular flexibility index (Phi) is 3.75. The zero-order valence-corrected chi connectivity index (χ0v) is 10.4. The molecule has 19 heavy (non-hydrogen) atoms. The maximum atomic E-state index is 13.1. The fourth-order valence-corrected chi connectivity index (χ4v) is 1.76. The maximum Gasteiger partial charge on any atom is 0.267 e. The number of amides is 1. The van der Waals surface area contributed by atoms with Crippen molar-refractivity contribution in [1.82, 2.24) is 4.98 Å². The molecule has 3 N–H and O–H groups in total. The van der Waals surface area contributed by atoms with Crippen molar-refractivity contribution in [2.75, 3.05) is 5.32 Å². The number of primary amides is 1. The van der Waals surface area contributed by atoms with Gasteiger partial charge in [0.05, 0.1) is 0 Å². The van der Waals surface area contributed by atoms with Crippen LogP contribution in [0.25, 0.3) is 0 Å². The third kappa shape index (κ3) is 3.28. The highest BCUT2D eigenvalue weighted by molar-refractivity contribution is 5.91. The largest absolute Gasteiger partial charge is 0.378 e. The van der Waals surface area contributed by atoms with Crippen LogP contribution in [0.5, 0.6) is 0 Å². The summed E-state index contributed by atoms with van der Waals surface area (Å²) >= 11 is 0. The van der Waals surface area contributed by atoms with Gasteiger partial charge < -0.3 is 11.1 Å². The molecule has 1 aromatic carbocycles. The van der Waals surface area contributed by atoms with Gasteiger partial charge in [0.2, 0.25) is 0 Å². The van der Waals surface area contributed by atoms with Gasteiger partial charge in [0.25, 0.3) is 5.91 Å². The van der Waals surface area contributed by atoms with Gasteiger partial charge in [0.15, 0.2) is 0 Å².